The van der Waals surface area contributed by atoms with Crippen molar-refractivity contribution in [3.63, 3.8) is 0 Å². The van der Waals surface area contributed by atoms with Crippen LogP contribution in [0.3, 0.4) is 0 Å². The highest BCUT2D eigenvalue weighted by Crippen LogP contribution is 2.37. The summed E-state index contributed by atoms with van der Waals surface area (Å²) in [6.07, 6.45) is 1.18. The molecule has 0 heterocycles. The molecule has 5 N–H and O–H groups in total. The van der Waals surface area contributed by atoms with Crippen LogP contribution in [0.5, 0.6) is 0 Å². The van der Waals surface area contributed by atoms with Crippen LogP contribution in [0.15, 0.2) is 91.0 Å². The average molecular weight is 491 g/mol. The Labute approximate surface area is 216 Å². The fourth-order valence-corrected chi connectivity index (χ4v) is 4.67. The van der Waals surface area contributed by atoms with E-state index in [0.717, 1.165) is 23.1 Å². The maximum atomic E-state index is 13.2. The zero-order valence-corrected chi connectivity index (χ0v) is 20.8. The van der Waals surface area contributed by atoms with Crippen molar-refractivity contribution in [2.45, 2.75) is 32.4 Å². The van der Waals surface area contributed by atoms with Crippen LogP contribution in [-0.4, -0.2) is 18.0 Å². The summed E-state index contributed by atoms with van der Waals surface area (Å²) >= 11 is 0. The summed E-state index contributed by atoms with van der Waals surface area (Å²) in [5, 5.41) is 8.71. The Bertz CT molecular complexity index is 1430. The van der Waals surface area contributed by atoms with Crippen LogP contribution in [0.25, 0.3) is 11.1 Å². The van der Waals surface area contributed by atoms with Crippen molar-refractivity contribution >= 4 is 23.3 Å². The lowest BCUT2D eigenvalue weighted by Crippen LogP contribution is -2.46. The maximum Gasteiger partial charge on any atom is 0.319 e. The quantitative estimate of drug-likeness (QED) is 0.246. The number of benzene rings is 4. The Kier molecular flexibility index (Phi) is 7.01. The van der Waals surface area contributed by atoms with E-state index in [1.807, 2.05) is 85.8 Å². The first kappa shape index (κ1) is 24.3. The SMILES string of the molecule is Cc1ccc(NC(=O)C(Cc2ccc(CN)cc2)NC(=O)Nc2ccc3c(c2)Cc2ccccc2-3)cc1. The third kappa shape index (κ3) is 5.71. The van der Waals surface area contributed by atoms with E-state index in [1.54, 1.807) is 0 Å². The number of fused-ring (bicyclic) bond motifs is 3. The number of urea groups is 1. The minimum Gasteiger partial charge on any atom is -0.326 e. The van der Waals surface area contributed by atoms with Gasteiger partial charge in [-0.15, -0.1) is 0 Å². The van der Waals surface area contributed by atoms with Crippen molar-refractivity contribution in [2.75, 3.05) is 10.6 Å². The van der Waals surface area contributed by atoms with Crippen LogP contribution in [0.4, 0.5) is 16.2 Å². The lowest BCUT2D eigenvalue weighted by Gasteiger charge is -2.19. The minimum absolute atomic E-state index is 0.286. The first-order valence-electron chi connectivity index (χ1n) is 12.4. The largest absolute Gasteiger partial charge is 0.326 e. The third-order valence-corrected chi connectivity index (χ3v) is 6.69. The molecule has 186 valence electrons. The molecule has 4 aromatic carbocycles. The highest BCUT2D eigenvalue weighted by atomic mass is 16.2. The standard InChI is InChI=1S/C31H30N4O2/c1-20-6-12-25(13-7-20)33-30(36)29(16-21-8-10-22(19-32)11-9-21)35-31(37)34-26-14-15-28-24(18-26)17-23-4-2-3-5-27(23)28/h2-15,18,29H,16-17,19,32H2,1H3,(H,33,36)(H2,34,35,37). The molecule has 1 aliphatic rings. The summed E-state index contributed by atoms with van der Waals surface area (Å²) in [4.78, 5) is 26.2. The molecular formula is C31H30N4O2. The van der Waals surface area contributed by atoms with Gasteiger partial charge in [0.2, 0.25) is 5.91 Å². The molecular weight excluding hydrogens is 460 g/mol. The fraction of sp³-hybridized carbons (Fsp3) is 0.161. The Morgan fingerprint density at radius 1 is 0.784 bits per heavy atom. The summed E-state index contributed by atoms with van der Waals surface area (Å²) in [7, 11) is 0. The van der Waals surface area contributed by atoms with E-state index in [1.165, 1.54) is 22.3 Å². The molecule has 0 fully saturated rings. The second kappa shape index (κ2) is 10.7. The predicted octanol–water partition coefficient (Wildman–Crippen LogP) is 5.40. The molecule has 6 heteroatoms. The first-order valence-corrected chi connectivity index (χ1v) is 12.4. The van der Waals surface area contributed by atoms with Gasteiger partial charge in [-0.3, -0.25) is 4.79 Å². The zero-order valence-electron chi connectivity index (χ0n) is 20.8. The molecule has 5 rings (SSSR count). The number of nitrogens with one attached hydrogen (secondary N) is 3. The number of carbonyl (C=O) groups excluding carboxylic acids is 2. The molecule has 3 amide bonds. The molecule has 37 heavy (non-hydrogen) atoms. The Hall–Kier alpha value is -4.42. The number of anilines is 2. The van der Waals surface area contributed by atoms with Crippen molar-refractivity contribution < 1.29 is 9.59 Å². The van der Waals surface area contributed by atoms with E-state index < -0.39 is 12.1 Å². The summed E-state index contributed by atoms with van der Waals surface area (Å²) in [5.74, 6) is -0.286. The van der Waals surface area contributed by atoms with Crippen molar-refractivity contribution in [1.29, 1.82) is 0 Å². The van der Waals surface area contributed by atoms with E-state index in [2.05, 4.69) is 28.1 Å². The Morgan fingerprint density at radius 3 is 2.22 bits per heavy atom. The monoisotopic (exact) mass is 490 g/mol. The number of nitrogens with two attached hydrogens (primary N) is 1. The van der Waals surface area contributed by atoms with Gasteiger partial charge in [0.05, 0.1) is 0 Å². The van der Waals surface area contributed by atoms with Gasteiger partial charge in [-0.25, -0.2) is 4.79 Å². The van der Waals surface area contributed by atoms with Crippen LogP contribution >= 0.6 is 0 Å². The number of hydrogen-bond acceptors (Lipinski definition) is 3. The smallest absolute Gasteiger partial charge is 0.319 e. The van der Waals surface area contributed by atoms with Crippen LogP contribution in [-0.2, 0) is 24.2 Å². The zero-order chi connectivity index (χ0) is 25.8. The Balaban J connectivity index is 1.30. The van der Waals surface area contributed by atoms with E-state index in [9.17, 15) is 9.59 Å². The van der Waals surface area contributed by atoms with Gasteiger partial charge in [-0.1, -0.05) is 72.3 Å². The topological polar surface area (TPSA) is 96.2 Å². The number of hydrogen-bond donors (Lipinski definition) is 4. The van der Waals surface area contributed by atoms with Gasteiger partial charge in [0.15, 0.2) is 0 Å². The summed E-state index contributed by atoms with van der Waals surface area (Å²) < 4.78 is 0. The average Bonchev–Trinajstić information content (AvgIpc) is 3.27. The number of rotatable bonds is 7. The predicted molar refractivity (Wildman–Crippen MR) is 148 cm³/mol. The van der Waals surface area contributed by atoms with E-state index in [-0.39, 0.29) is 5.91 Å². The van der Waals surface area contributed by atoms with Crippen molar-refractivity contribution in [3.05, 3.63) is 119 Å². The molecule has 6 nitrogen and oxygen atoms in total. The number of aryl methyl sites for hydroxylation is 1. The molecule has 0 spiro atoms. The lowest BCUT2D eigenvalue weighted by atomic mass is 10.0. The maximum absolute atomic E-state index is 13.2. The highest BCUT2D eigenvalue weighted by Gasteiger charge is 2.23. The van der Waals surface area contributed by atoms with Gasteiger partial charge in [-0.05, 0) is 71.0 Å². The minimum atomic E-state index is -0.774. The molecule has 0 bridgehead atoms. The number of amides is 3. The molecule has 0 radical (unpaired) electrons. The highest BCUT2D eigenvalue weighted by molar-refractivity contribution is 5.99. The van der Waals surface area contributed by atoms with Crippen molar-refractivity contribution in [3.8, 4) is 11.1 Å². The molecule has 1 atom stereocenters. The Morgan fingerprint density at radius 2 is 1.46 bits per heavy atom. The molecule has 0 aromatic heterocycles. The van der Waals surface area contributed by atoms with Gasteiger partial charge >= 0.3 is 6.03 Å². The summed E-state index contributed by atoms with van der Waals surface area (Å²) in [6.45, 7) is 2.44. The van der Waals surface area contributed by atoms with Gasteiger partial charge in [0, 0.05) is 24.3 Å². The molecule has 0 saturated heterocycles. The summed E-state index contributed by atoms with van der Waals surface area (Å²) in [6, 6.07) is 28.4. The lowest BCUT2D eigenvalue weighted by molar-refractivity contribution is -0.117. The third-order valence-electron chi connectivity index (χ3n) is 6.69. The van der Waals surface area contributed by atoms with E-state index >= 15 is 0 Å². The molecule has 1 unspecified atom stereocenters. The van der Waals surface area contributed by atoms with E-state index in [0.29, 0.717) is 24.3 Å². The fourth-order valence-electron chi connectivity index (χ4n) is 4.67. The van der Waals surface area contributed by atoms with Crippen molar-refractivity contribution in [2.24, 2.45) is 5.73 Å². The second-order valence-electron chi connectivity index (χ2n) is 9.44. The van der Waals surface area contributed by atoms with Crippen LogP contribution in [0, 0.1) is 6.92 Å². The molecule has 0 saturated carbocycles. The molecule has 1 aliphatic carbocycles. The van der Waals surface area contributed by atoms with Gasteiger partial charge < -0.3 is 21.7 Å². The van der Waals surface area contributed by atoms with Gasteiger partial charge in [0.1, 0.15) is 6.04 Å². The second-order valence-corrected chi connectivity index (χ2v) is 9.44. The van der Waals surface area contributed by atoms with Crippen LogP contribution < -0.4 is 21.7 Å². The van der Waals surface area contributed by atoms with Crippen LogP contribution in [0.1, 0.15) is 27.8 Å². The van der Waals surface area contributed by atoms with E-state index in [4.69, 9.17) is 5.73 Å². The van der Waals surface area contributed by atoms with Gasteiger partial charge in [-0.2, -0.15) is 0 Å². The van der Waals surface area contributed by atoms with Crippen LogP contribution in [0.2, 0.25) is 0 Å². The first-order chi connectivity index (χ1) is 18.0. The number of carbonyl (C=O) groups is 2. The van der Waals surface area contributed by atoms with Crippen molar-refractivity contribution in [1.82, 2.24) is 5.32 Å². The molecule has 4 aromatic rings. The summed E-state index contributed by atoms with van der Waals surface area (Å²) in [5.41, 5.74) is 15.0. The molecule has 0 aliphatic heterocycles. The normalized spacial score (nSPS) is 12.3. The van der Waals surface area contributed by atoms with Gasteiger partial charge in [0.25, 0.3) is 0 Å².